The molecule has 2 heterocycles. The first-order valence-corrected chi connectivity index (χ1v) is 10.7. The highest BCUT2D eigenvalue weighted by Crippen LogP contribution is 2.29. The van der Waals surface area contributed by atoms with Gasteiger partial charge in [-0.2, -0.15) is 0 Å². The molecule has 0 aliphatic heterocycles. The first-order chi connectivity index (χ1) is 14.0. The average Bonchev–Trinajstić information content (AvgIpc) is 3.35. The predicted octanol–water partition coefficient (Wildman–Crippen LogP) is 3.72. The number of rotatable bonds is 8. The van der Waals surface area contributed by atoms with Crippen molar-refractivity contribution in [1.82, 2.24) is 14.8 Å². The maximum absolute atomic E-state index is 12.5. The van der Waals surface area contributed by atoms with E-state index in [0.29, 0.717) is 28.8 Å². The fourth-order valence-electron chi connectivity index (χ4n) is 2.67. The van der Waals surface area contributed by atoms with Gasteiger partial charge in [-0.15, -0.1) is 21.5 Å². The number of hydrogen-bond acceptors (Lipinski definition) is 7. The summed E-state index contributed by atoms with van der Waals surface area (Å²) in [6, 6.07) is 9.02. The maximum atomic E-state index is 12.5. The van der Waals surface area contributed by atoms with Crippen LogP contribution in [0.1, 0.15) is 13.8 Å². The number of aromatic nitrogens is 3. The molecule has 8 nitrogen and oxygen atoms in total. The lowest BCUT2D eigenvalue weighted by Gasteiger charge is -2.12. The molecule has 0 unspecified atom stereocenters. The second kappa shape index (κ2) is 9.57. The smallest absolute Gasteiger partial charge is 0.234 e. The van der Waals surface area contributed by atoms with E-state index in [9.17, 15) is 9.59 Å². The Morgan fingerprint density at radius 1 is 1.24 bits per heavy atom. The van der Waals surface area contributed by atoms with E-state index in [-0.39, 0.29) is 17.6 Å². The van der Waals surface area contributed by atoms with E-state index in [1.54, 1.807) is 29.5 Å². The average molecular weight is 432 g/mol. The molecule has 0 fully saturated rings. The Balaban J connectivity index is 1.68. The quantitative estimate of drug-likeness (QED) is 0.528. The van der Waals surface area contributed by atoms with Crippen molar-refractivity contribution in [3.05, 3.63) is 35.7 Å². The third-order valence-corrected chi connectivity index (χ3v) is 5.73. The van der Waals surface area contributed by atoms with E-state index in [1.807, 2.05) is 29.0 Å². The van der Waals surface area contributed by atoms with E-state index >= 15 is 0 Å². The fourth-order valence-corrected chi connectivity index (χ4v) is 4.19. The Hall–Kier alpha value is -2.85. The number of nitrogens with zero attached hydrogens (tertiary/aromatic N) is 3. The van der Waals surface area contributed by atoms with Gasteiger partial charge in [-0.3, -0.25) is 9.59 Å². The second-order valence-corrected chi connectivity index (χ2v) is 7.85. The number of hydrogen-bond donors (Lipinski definition) is 2. The number of benzene rings is 1. The van der Waals surface area contributed by atoms with Crippen molar-refractivity contribution in [1.29, 1.82) is 0 Å². The van der Waals surface area contributed by atoms with Crippen molar-refractivity contribution in [3.63, 3.8) is 0 Å². The summed E-state index contributed by atoms with van der Waals surface area (Å²) in [6.45, 7) is 4.15. The first-order valence-electron chi connectivity index (χ1n) is 8.87. The zero-order chi connectivity index (χ0) is 20.8. The molecular formula is C19H21N5O3S2. The van der Waals surface area contributed by atoms with E-state index < -0.39 is 0 Å². The first kappa shape index (κ1) is 20.9. The van der Waals surface area contributed by atoms with Crippen molar-refractivity contribution >= 4 is 46.3 Å². The number of amides is 2. The third-order valence-electron chi connectivity index (χ3n) is 3.90. The van der Waals surface area contributed by atoms with Crippen LogP contribution in [0.5, 0.6) is 5.75 Å². The highest BCUT2D eigenvalue weighted by atomic mass is 32.2. The molecule has 0 radical (unpaired) electrons. The standard InChI is InChI=1S/C19H21N5O3S2/c1-4-24-18(16-6-5-9-28-16)22-23-19(24)29-11-17(26)21-14-10-13(20-12(2)25)7-8-15(14)27-3/h5-10H,4,11H2,1-3H3,(H,20,25)(H,21,26). The molecule has 3 rings (SSSR count). The molecule has 10 heteroatoms. The van der Waals surface area contributed by atoms with Gasteiger partial charge in [0.05, 0.1) is 23.4 Å². The number of carbonyl (C=O) groups excluding carboxylic acids is 2. The molecule has 152 valence electrons. The summed E-state index contributed by atoms with van der Waals surface area (Å²) in [5, 5.41) is 16.7. The SMILES string of the molecule is CCn1c(SCC(=O)Nc2cc(NC(C)=O)ccc2OC)nnc1-c1cccs1. The van der Waals surface area contributed by atoms with Crippen LogP contribution in [0.2, 0.25) is 0 Å². The van der Waals surface area contributed by atoms with Crippen molar-refractivity contribution in [2.24, 2.45) is 0 Å². The summed E-state index contributed by atoms with van der Waals surface area (Å²) >= 11 is 2.92. The number of nitrogens with one attached hydrogen (secondary N) is 2. The Labute approximate surface area is 176 Å². The summed E-state index contributed by atoms with van der Waals surface area (Å²) < 4.78 is 7.28. The molecule has 2 aromatic heterocycles. The lowest BCUT2D eigenvalue weighted by Crippen LogP contribution is -2.16. The third kappa shape index (κ3) is 5.15. The van der Waals surface area contributed by atoms with Gasteiger partial charge in [0, 0.05) is 19.2 Å². The van der Waals surface area contributed by atoms with Crippen LogP contribution in [0.15, 0.2) is 40.9 Å². The van der Waals surface area contributed by atoms with Gasteiger partial charge in [0.1, 0.15) is 5.75 Å². The van der Waals surface area contributed by atoms with Gasteiger partial charge >= 0.3 is 0 Å². The molecule has 0 saturated carbocycles. The van der Waals surface area contributed by atoms with Crippen molar-refractivity contribution in [3.8, 4) is 16.5 Å². The molecule has 0 aliphatic rings. The summed E-state index contributed by atoms with van der Waals surface area (Å²) in [7, 11) is 1.52. The molecular weight excluding hydrogens is 410 g/mol. The number of thiophene rings is 1. The molecule has 2 amide bonds. The minimum Gasteiger partial charge on any atom is -0.495 e. The highest BCUT2D eigenvalue weighted by Gasteiger charge is 2.16. The monoisotopic (exact) mass is 431 g/mol. The zero-order valence-electron chi connectivity index (χ0n) is 16.3. The maximum Gasteiger partial charge on any atom is 0.234 e. The summed E-state index contributed by atoms with van der Waals surface area (Å²) in [4.78, 5) is 24.8. The Bertz CT molecular complexity index is 1000. The number of carbonyl (C=O) groups is 2. The Morgan fingerprint density at radius 3 is 2.72 bits per heavy atom. The number of methoxy groups -OCH3 is 1. The van der Waals surface area contributed by atoms with Crippen LogP contribution in [0, 0.1) is 0 Å². The van der Waals surface area contributed by atoms with Crippen LogP contribution in [-0.4, -0.2) is 39.4 Å². The van der Waals surface area contributed by atoms with Gasteiger partial charge < -0.3 is 19.9 Å². The Morgan fingerprint density at radius 2 is 2.07 bits per heavy atom. The topological polar surface area (TPSA) is 98.1 Å². The summed E-state index contributed by atoms with van der Waals surface area (Å²) in [5.74, 6) is 1.07. The van der Waals surface area contributed by atoms with Gasteiger partial charge in [-0.25, -0.2) is 0 Å². The predicted molar refractivity (Wildman–Crippen MR) is 116 cm³/mol. The molecule has 0 spiro atoms. The van der Waals surface area contributed by atoms with E-state index in [1.165, 1.54) is 25.8 Å². The van der Waals surface area contributed by atoms with Gasteiger partial charge in [-0.1, -0.05) is 17.8 Å². The normalized spacial score (nSPS) is 10.6. The highest BCUT2D eigenvalue weighted by molar-refractivity contribution is 7.99. The van der Waals surface area contributed by atoms with Crippen LogP contribution >= 0.6 is 23.1 Å². The van der Waals surface area contributed by atoms with Gasteiger partial charge in [0.25, 0.3) is 0 Å². The number of ether oxygens (including phenoxy) is 1. The molecule has 1 aromatic carbocycles. The largest absolute Gasteiger partial charge is 0.495 e. The fraction of sp³-hybridized carbons (Fsp3) is 0.263. The van der Waals surface area contributed by atoms with E-state index in [2.05, 4.69) is 20.8 Å². The van der Waals surface area contributed by atoms with Crippen LogP contribution in [0.3, 0.4) is 0 Å². The molecule has 0 atom stereocenters. The van der Waals surface area contributed by atoms with Crippen LogP contribution in [0.25, 0.3) is 10.7 Å². The summed E-state index contributed by atoms with van der Waals surface area (Å²) in [6.07, 6.45) is 0. The lowest BCUT2D eigenvalue weighted by atomic mass is 10.2. The number of thioether (sulfide) groups is 1. The van der Waals surface area contributed by atoms with Gasteiger partial charge in [0.2, 0.25) is 11.8 Å². The van der Waals surface area contributed by atoms with E-state index in [0.717, 1.165) is 10.7 Å². The van der Waals surface area contributed by atoms with Gasteiger partial charge in [0.15, 0.2) is 11.0 Å². The van der Waals surface area contributed by atoms with Crippen LogP contribution < -0.4 is 15.4 Å². The minimum absolute atomic E-state index is 0.163. The van der Waals surface area contributed by atoms with Crippen molar-refractivity contribution in [2.75, 3.05) is 23.5 Å². The zero-order valence-corrected chi connectivity index (χ0v) is 17.9. The molecule has 2 N–H and O–H groups in total. The van der Waals surface area contributed by atoms with Crippen LogP contribution in [0.4, 0.5) is 11.4 Å². The molecule has 29 heavy (non-hydrogen) atoms. The molecule has 0 saturated heterocycles. The van der Waals surface area contributed by atoms with E-state index in [4.69, 9.17) is 4.74 Å². The molecule has 0 bridgehead atoms. The molecule has 0 aliphatic carbocycles. The summed E-state index contributed by atoms with van der Waals surface area (Å²) in [5.41, 5.74) is 1.06. The molecule has 3 aromatic rings. The number of anilines is 2. The lowest BCUT2D eigenvalue weighted by molar-refractivity contribution is -0.114. The minimum atomic E-state index is -0.211. The van der Waals surface area contributed by atoms with Crippen molar-refractivity contribution < 1.29 is 14.3 Å². The second-order valence-electron chi connectivity index (χ2n) is 5.96. The van der Waals surface area contributed by atoms with Crippen molar-refractivity contribution in [2.45, 2.75) is 25.5 Å². The Kier molecular flexibility index (Phi) is 6.89. The van der Waals surface area contributed by atoms with Gasteiger partial charge in [-0.05, 0) is 36.6 Å². The van der Waals surface area contributed by atoms with Crippen LogP contribution in [-0.2, 0) is 16.1 Å².